The quantitative estimate of drug-likeness (QED) is 0.0626. The molecule has 3 fully saturated rings. The number of benzene rings is 1. The number of nitrogens with two attached hydrogens (primary N) is 1. The van der Waals surface area contributed by atoms with Crippen LogP contribution < -0.4 is 16.0 Å². The van der Waals surface area contributed by atoms with Crippen LogP contribution in [0.25, 0.3) is 0 Å². The Morgan fingerprint density at radius 2 is 1.98 bits per heavy atom. The van der Waals surface area contributed by atoms with E-state index in [2.05, 4.69) is 20.2 Å². The first-order valence-electron chi connectivity index (χ1n) is 12.1. The van der Waals surface area contributed by atoms with Gasteiger partial charge in [0.15, 0.2) is 16.9 Å². The number of nitrogens with zero attached hydrogens (tertiary/aromatic N) is 4. The van der Waals surface area contributed by atoms with Gasteiger partial charge in [0.1, 0.15) is 22.9 Å². The predicted molar refractivity (Wildman–Crippen MR) is 141 cm³/mol. The van der Waals surface area contributed by atoms with Crippen LogP contribution in [0.4, 0.5) is 28.4 Å². The fourth-order valence-corrected chi connectivity index (χ4v) is 6.80. The van der Waals surface area contributed by atoms with Crippen molar-refractivity contribution >= 4 is 69.3 Å². The third-order valence-electron chi connectivity index (χ3n) is 6.71. The van der Waals surface area contributed by atoms with Gasteiger partial charge in [-0.1, -0.05) is 11.2 Å². The molecule has 4 heterocycles. The number of rotatable bonds is 5. The van der Waals surface area contributed by atoms with Crippen molar-refractivity contribution in [2.24, 2.45) is 5.16 Å². The number of halogens is 4. The van der Waals surface area contributed by atoms with Crippen LogP contribution >= 0.6 is 23.1 Å². The number of thioether (sulfide) groups is 1. The number of anilines is 2. The number of nitrogen functional groups attached to an aromatic ring is 1. The van der Waals surface area contributed by atoms with E-state index >= 15 is 0 Å². The first-order valence-corrected chi connectivity index (χ1v) is 14.0. The number of ether oxygens (including phenoxy) is 1. The highest BCUT2D eigenvalue weighted by atomic mass is 32.2. The summed E-state index contributed by atoms with van der Waals surface area (Å²) in [5.41, 5.74) is 4.96. The number of nitrogens with one attached hydrogen (secondary N) is 1. The number of hydrogen-bond acceptors (Lipinski definition) is 12. The van der Waals surface area contributed by atoms with Gasteiger partial charge in [0.25, 0.3) is 11.8 Å². The molecule has 0 aliphatic carbocycles. The minimum atomic E-state index is -5.53. The average Bonchev–Trinajstić information content (AvgIpc) is 3.55. The van der Waals surface area contributed by atoms with Crippen LogP contribution in [0.1, 0.15) is 12.1 Å². The zero-order valence-corrected chi connectivity index (χ0v) is 23.0. The number of fused-ring (bicyclic) bond motifs is 1. The van der Waals surface area contributed by atoms with E-state index < -0.39 is 64.8 Å². The Labute approximate surface area is 246 Å². The molecule has 226 valence electrons. The first kappa shape index (κ1) is 30.0. The normalized spacial score (nSPS) is 24.0. The van der Waals surface area contributed by atoms with Crippen molar-refractivity contribution < 1.29 is 51.5 Å². The molecule has 0 saturated carbocycles. The number of carbonyl (C=O) groups excluding carboxylic acids is 5. The van der Waals surface area contributed by atoms with E-state index in [1.807, 2.05) is 0 Å². The van der Waals surface area contributed by atoms with Gasteiger partial charge < -0.3 is 30.8 Å². The lowest BCUT2D eigenvalue weighted by Crippen LogP contribution is -2.75. The first-order chi connectivity index (χ1) is 20.3. The molecule has 3 amide bonds. The Kier molecular flexibility index (Phi) is 7.86. The van der Waals surface area contributed by atoms with Crippen molar-refractivity contribution in [2.75, 3.05) is 22.9 Å². The van der Waals surface area contributed by atoms with Crippen LogP contribution in [0.3, 0.4) is 0 Å². The minimum absolute atomic E-state index is 0.0117. The highest BCUT2D eigenvalue weighted by molar-refractivity contribution is 8.00. The molecule has 19 heteroatoms. The summed E-state index contributed by atoms with van der Waals surface area (Å²) >= 11 is 1.93. The van der Waals surface area contributed by atoms with Crippen molar-refractivity contribution in [2.45, 2.75) is 30.1 Å². The van der Waals surface area contributed by atoms with Crippen LogP contribution in [0.2, 0.25) is 0 Å². The van der Waals surface area contributed by atoms with Gasteiger partial charge in [-0.3, -0.25) is 14.4 Å². The molecular weight excluding hydrogens is 624 g/mol. The van der Waals surface area contributed by atoms with Crippen LogP contribution in [0, 0.1) is 5.82 Å². The summed E-state index contributed by atoms with van der Waals surface area (Å²) in [6, 6.07) is 1.85. The topological polar surface area (TPSA) is 185 Å². The van der Waals surface area contributed by atoms with Gasteiger partial charge in [-0.2, -0.15) is 13.2 Å². The lowest BCUT2D eigenvalue weighted by Gasteiger charge is -2.53. The zero-order chi connectivity index (χ0) is 31.2. The Bertz CT molecular complexity index is 1610. The van der Waals surface area contributed by atoms with Gasteiger partial charge in [-0.05, 0) is 30.2 Å². The molecule has 1 unspecified atom stereocenters. The minimum Gasteiger partial charge on any atom is -0.410 e. The molecule has 1 aromatic heterocycles. The van der Waals surface area contributed by atoms with Crippen molar-refractivity contribution in [1.29, 1.82) is 0 Å². The van der Waals surface area contributed by atoms with Crippen molar-refractivity contribution in [1.82, 2.24) is 15.2 Å². The Balaban J connectivity index is 1.43. The fourth-order valence-electron chi connectivity index (χ4n) is 4.81. The van der Waals surface area contributed by atoms with Gasteiger partial charge in [0.2, 0.25) is 5.91 Å². The Morgan fingerprint density at radius 1 is 1.23 bits per heavy atom. The lowest BCUT2D eigenvalue weighted by molar-refractivity contribution is -0.204. The van der Waals surface area contributed by atoms with Crippen LogP contribution in [0.15, 0.2) is 45.9 Å². The summed E-state index contributed by atoms with van der Waals surface area (Å²) in [4.78, 5) is 69.7. The van der Waals surface area contributed by atoms with E-state index in [-0.39, 0.29) is 46.4 Å². The van der Waals surface area contributed by atoms with E-state index in [0.717, 1.165) is 40.1 Å². The molecule has 3 saturated heterocycles. The molecule has 43 heavy (non-hydrogen) atoms. The maximum absolute atomic E-state index is 13.8. The molecule has 0 bridgehead atoms. The average molecular weight is 643 g/mol. The largest absolute Gasteiger partial charge is 0.491 e. The van der Waals surface area contributed by atoms with E-state index in [4.69, 9.17) is 5.73 Å². The van der Waals surface area contributed by atoms with Crippen molar-refractivity contribution in [3.8, 4) is 0 Å². The summed E-state index contributed by atoms with van der Waals surface area (Å²) in [6.45, 7) is 0.0372. The van der Waals surface area contributed by atoms with Gasteiger partial charge in [0, 0.05) is 28.9 Å². The maximum atomic E-state index is 13.8. The Morgan fingerprint density at radius 3 is 2.60 bits per heavy atom. The number of β-lactam (4-membered cyclic amide) rings is 1. The van der Waals surface area contributed by atoms with Gasteiger partial charge in [0.05, 0.1) is 0 Å². The highest BCUT2D eigenvalue weighted by Gasteiger charge is 2.59. The SMILES string of the molecule is Nc1nc(/C(=N/O)C(=O)N[C@@H]2C(=O)N3C(C(=O)OC(=O)C(F)(F)F)C(=C4CCN(c5cccc(F)c5)C4=O)CS[C@H]23)cs1. The number of aromatic nitrogens is 1. The summed E-state index contributed by atoms with van der Waals surface area (Å²) in [7, 11) is 0. The van der Waals surface area contributed by atoms with Crippen molar-refractivity contribution in [3.05, 3.63) is 52.3 Å². The third-order valence-corrected chi connectivity index (χ3v) is 8.70. The molecule has 1 aromatic carbocycles. The lowest BCUT2D eigenvalue weighted by atomic mass is 9.93. The number of amides is 3. The maximum Gasteiger partial charge on any atom is 0.491 e. The zero-order valence-electron chi connectivity index (χ0n) is 21.3. The van der Waals surface area contributed by atoms with Gasteiger partial charge in [-0.15, -0.1) is 23.1 Å². The predicted octanol–water partition coefficient (Wildman–Crippen LogP) is 1.18. The molecule has 5 rings (SSSR count). The summed E-state index contributed by atoms with van der Waals surface area (Å²) in [6.07, 6.45) is -5.54. The molecule has 3 aliphatic rings. The second-order valence-corrected chi connectivity index (χ2v) is 11.2. The van der Waals surface area contributed by atoms with Gasteiger partial charge in [-0.25, -0.2) is 19.0 Å². The molecular formula is C24H18F4N6O7S2. The monoisotopic (exact) mass is 642 g/mol. The van der Waals surface area contributed by atoms with Crippen LogP contribution in [0.5, 0.6) is 0 Å². The number of esters is 2. The standard InChI is InChI=1S/C24H18F4N6O7S2/c25-9-2-1-3-10(6-9)33-5-4-11(18(33)36)12-7-42-20-15(31-17(35)14(32-40)13-8-43-23(29)30-13)19(37)34(20)16(12)21(38)41-22(39)24(26,27)28/h1-3,6,8,15-16,20,40H,4-5,7H2,(H2,29,30)(H,31,35)/b12-11?,32-14-/t15-,16?,20-/m1/s1. The fraction of sp³-hybridized carbons (Fsp3) is 0.292. The number of alkyl halides is 3. The Hall–Kier alpha value is -4.52. The molecule has 0 spiro atoms. The molecule has 3 atom stereocenters. The summed E-state index contributed by atoms with van der Waals surface area (Å²) < 4.78 is 56.6. The van der Waals surface area contributed by atoms with Gasteiger partial charge >= 0.3 is 18.1 Å². The van der Waals surface area contributed by atoms with E-state index in [1.54, 1.807) is 0 Å². The number of hydrogen-bond donors (Lipinski definition) is 3. The van der Waals surface area contributed by atoms with Crippen LogP contribution in [-0.2, 0) is 28.7 Å². The van der Waals surface area contributed by atoms with E-state index in [1.165, 1.54) is 22.4 Å². The second kappa shape index (κ2) is 11.3. The molecule has 13 nitrogen and oxygen atoms in total. The highest BCUT2D eigenvalue weighted by Crippen LogP contribution is 2.43. The number of oxime groups is 1. The molecule has 4 N–H and O–H groups in total. The molecule has 3 aliphatic heterocycles. The smallest absolute Gasteiger partial charge is 0.410 e. The van der Waals surface area contributed by atoms with E-state index in [0.29, 0.717) is 0 Å². The number of thiazole rings is 1. The van der Waals surface area contributed by atoms with Crippen molar-refractivity contribution in [3.63, 3.8) is 0 Å². The summed E-state index contributed by atoms with van der Waals surface area (Å²) in [5.74, 6) is -8.04. The van der Waals surface area contributed by atoms with E-state index in [9.17, 15) is 46.7 Å². The van der Waals surface area contributed by atoms with Crippen LogP contribution in [-0.4, -0.2) is 86.4 Å². The molecule has 0 radical (unpaired) electrons. The summed E-state index contributed by atoms with van der Waals surface area (Å²) in [5, 5.41) is 14.9. The number of carbonyl (C=O) groups is 5. The molecule has 2 aromatic rings. The third kappa shape index (κ3) is 5.52. The second-order valence-electron chi connectivity index (χ2n) is 9.22.